The number of para-hydroxylation sites is 2. The van der Waals surface area contributed by atoms with Crippen LogP contribution in [0.1, 0.15) is 37.3 Å². The number of aliphatic hydroxyl groups is 1. The summed E-state index contributed by atoms with van der Waals surface area (Å²) in [4.78, 5) is 16.9. The van der Waals surface area contributed by atoms with Gasteiger partial charge in [-0.05, 0) is 24.1 Å². The monoisotopic (exact) mass is 445 g/mol. The molecule has 4 N–H and O–H groups in total. The Hall–Kier alpha value is -2.75. The van der Waals surface area contributed by atoms with E-state index in [4.69, 9.17) is 10.2 Å². The second-order valence-corrected chi connectivity index (χ2v) is 9.62. The van der Waals surface area contributed by atoms with E-state index in [1.54, 1.807) is 54.6 Å². The van der Waals surface area contributed by atoms with E-state index in [1.807, 2.05) is 6.92 Å². The summed E-state index contributed by atoms with van der Waals surface area (Å²) < 4.78 is 30.5. The quantitative estimate of drug-likeness (QED) is 0.435. The van der Waals surface area contributed by atoms with Crippen molar-refractivity contribution < 1.29 is 22.7 Å². The van der Waals surface area contributed by atoms with Crippen LogP contribution in [0.15, 0.2) is 59.0 Å². The van der Waals surface area contributed by atoms with Crippen molar-refractivity contribution in [2.24, 2.45) is 5.73 Å². The average molecular weight is 446 g/mol. The number of carbonyl (C=O) groups excluding carboxylic acids is 1. The van der Waals surface area contributed by atoms with Gasteiger partial charge < -0.3 is 20.6 Å². The Labute approximate surface area is 181 Å². The number of amides is 1. The Kier molecular flexibility index (Phi) is 7.42. The molecule has 8 nitrogen and oxygen atoms in total. The molecule has 1 amide bonds. The molecule has 2 unspecified atom stereocenters. The van der Waals surface area contributed by atoms with Gasteiger partial charge in [0.05, 0.1) is 23.6 Å². The molecule has 1 aromatic heterocycles. The number of hydrogen-bond donors (Lipinski definition) is 3. The van der Waals surface area contributed by atoms with Gasteiger partial charge in [-0.1, -0.05) is 55.8 Å². The van der Waals surface area contributed by atoms with Crippen molar-refractivity contribution in [3.05, 3.63) is 66.1 Å². The number of fused-ring (bicyclic) bond motifs is 1. The van der Waals surface area contributed by atoms with Crippen LogP contribution in [0.25, 0.3) is 11.1 Å². The van der Waals surface area contributed by atoms with E-state index in [1.165, 1.54) is 0 Å². The highest BCUT2D eigenvalue weighted by Crippen LogP contribution is 2.24. The Morgan fingerprint density at radius 1 is 1.16 bits per heavy atom. The van der Waals surface area contributed by atoms with E-state index in [0.29, 0.717) is 29.5 Å². The summed E-state index contributed by atoms with van der Waals surface area (Å²) in [6.07, 6.45) is -0.0803. The van der Waals surface area contributed by atoms with Gasteiger partial charge in [0.1, 0.15) is 5.52 Å². The first-order chi connectivity index (χ1) is 14.8. The second kappa shape index (κ2) is 10.0. The molecule has 2 aromatic carbocycles. The van der Waals surface area contributed by atoms with Crippen molar-refractivity contribution in [2.75, 3.05) is 5.75 Å². The number of hydrogen-bond acceptors (Lipinski definition) is 7. The zero-order chi connectivity index (χ0) is 22.4. The Bertz CT molecular complexity index is 1080. The van der Waals surface area contributed by atoms with Crippen molar-refractivity contribution in [3.63, 3.8) is 0 Å². The molecule has 0 saturated heterocycles. The highest BCUT2D eigenvalue weighted by Gasteiger charge is 2.30. The molecule has 9 heteroatoms. The smallest absolute Gasteiger partial charge is 0.238 e. The summed E-state index contributed by atoms with van der Waals surface area (Å²) in [5, 5.41) is 13.4. The number of rotatable bonds is 10. The van der Waals surface area contributed by atoms with Crippen LogP contribution in [0.5, 0.6) is 0 Å². The lowest BCUT2D eigenvalue weighted by molar-refractivity contribution is -0.123. The van der Waals surface area contributed by atoms with Crippen LogP contribution in [0.4, 0.5) is 0 Å². The number of oxazole rings is 1. The van der Waals surface area contributed by atoms with Crippen molar-refractivity contribution in [2.45, 2.75) is 43.7 Å². The number of benzene rings is 2. The summed E-state index contributed by atoms with van der Waals surface area (Å²) in [7, 11) is -3.60. The number of aromatic nitrogens is 1. The molecule has 0 spiro atoms. The van der Waals surface area contributed by atoms with Crippen molar-refractivity contribution in [3.8, 4) is 0 Å². The SMILES string of the molecule is CCCC(NC(=O)C(N)CS(=O)(=O)Cc1ccccc1)[C@@H](O)c1nc2ccccc2o1. The number of nitrogens with one attached hydrogen (secondary N) is 1. The minimum Gasteiger partial charge on any atom is -0.438 e. The van der Waals surface area contributed by atoms with E-state index in [0.717, 1.165) is 0 Å². The van der Waals surface area contributed by atoms with Crippen LogP contribution in [-0.2, 0) is 20.4 Å². The number of nitrogens with zero attached hydrogens (tertiary/aromatic N) is 1. The molecule has 166 valence electrons. The maximum absolute atomic E-state index is 12.6. The lowest BCUT2D eigenvalue weighted by Crippen LogP contribution is -2.50. The van der Waals surface area contributed by atoms with Gasteiger partial charge in [-0.2, -0.15) is 0 Å². The van der Waals surface area contributed by atoms with Gasteiger partial charge in [-0.15, -0.1) is 0 Å². The van der Waals surface area contributed by atoms with Crippen LogP contribution in [0, 0.1) is 0 Å². The Morgan fingerprint density at radius 2 is 1.84 bits per heavy atom. The number of carbonyl (C=O) groups is 1. The first kappa shape index (κ1) is 22.9. The maximum atomic E-state index is 12.6. The van der Waals surface area contributed by atoms with Gasteiger partial charge in [-0.25, -0.2) is 13.4 Å². The Balaban J connectivity index is 1.66. The molecular weight excluding hydrogens is 418 g/mol. The third-order valence-electron chi connectivity index (χ3n) is 4.87. The van der Waals surface area contributed by atoms with E-state index < -0.39 is 39.7 Å². The lowest BCUT2D eigenvalue weighted by atomic mass is 10.1. The third-order valence-corrected chi connectivity index (χ3v) is 6.51. The molecule has 0 aliphatic heterocycles. The zero-order valence-corrected chi connectivity index (χ0v) is 18.1. The number of sulfone groups is 1. The largest absolute Gasteiger partial charge is 0.438 e. The predicted molar refractivity (Wildman–Crippen MR) is 118 cm³/mol. The molecule has 0 radical (unpaired) electrons. The molecule has 0 saturated carbocycles. The lowest BCUT2D eigenvalue weighted by Gasteiger charge is -2.23. The van der Waals surface area contributed by atoms with Crippen LogP contribution in [0.2, 0.25) is 0 Å². The fourth-order valence-electron chi connectivity index (χ4n) is 3.33. The van der Waals surface area contributed by atoms with Gasteiger partial charge >= 0.3 is 0 Å². The van der Waals surface area contributed by atoms with E-state index in [-0.39, 0.29) is 11.6 Å². The molecule has 1 heterocycles. The molecule has 3 atom stereocenters. The van der Waals surface area contributed by atoms with Crippen LogP contribution in [-0.4, -0.2) is 42.3 Å². The van der Waals surface area contributed by atoms with Gasteiger partial charge in [0.15, 0.2) is 21.5 Å². The molecular formula is C22H27N3O5S. The average Bonchev–Trinajstić information content (AvgIpc) is 3.17. The van der Waals surface area contributed by atoms with Crippen LogP contribution < -0.4 is 11.1 Å². The van der Waals surface area contributed by atoms with Crippen LogP contribution in [0.3, 0.4) is 0 Å². The molecule has 31 heavy (non-hydrogen) atoms. The highest BCUT2D eigenvalue weighted by atomic mass is 32.2. The minimum absolute atomic E-state index is 0.0882. The number of nitrogens with two attached hydrogens (primary N) is 1. The normalized spacial score (nSPS) is 14.8. The van der Waals surface area contributed by atoms with Gasteiger partial charge in [0, 0.05) is 0 Å². The summed E-state index contributed by atoms with van der Waals surface area (Å²) in [6, 6.07) is 13.8. The first-order valence-corrected chi connectivity index (χ1v) is 11.9. The molecule has 3 aromatic rings. The van der Waals surface area contributed by atoms with Gasteiger partial charge in [0.25, 0.3) is 0 Å². The maximum Gasteiger partial charge on any atom is 0.238 e. The topological polar surface area (TPSA) is 136 Å². The molecule has 3 rings (SSSR count). The van der Waals surface area contributed by atoms with Crippen LogP contribution >= 0.6 is 0 Å². The molecule has 0 bridgehead atoms. The minimum atomic E-state index is -3.60. The second-order valence-electron chi connectivity index (χ2n) is 7.52. The van der Waals surface area contributed by atoms with Gasteiger partial charge in [-0.3, -0.25) is 4.79 Å². The van der Waals surface area contributed by atoms with Gasteiger partial charge in [0.2, 0.25) is 11.8 Å². The molecule has 0 aliphatic rings. The fraction of sp³-hybridized carbons (Fsp3) is 0.364. The van der Waals surface area contributed by atoms with Crippen molar-refractivity contribution in [1.29, 1.82) is 0 Å². The van der Waals surface area contributed by atoms with E-state index >= 15 is 0 Å². The summed E-state index contributed by atoms with van der Waals surface area (Å²) >= 11 is 0. The molecule has 0 fully saturated rings. The summed E-state index contributed by atoms with van der Waals surface area (Å²) in [6.45, 7) is 1.90. The predicted octanol–water partition coefficient (Wildman–Crippen LogP) is 2.09. The zero-order valence-electron chi connectivity index (χ0n) is 17.3. The van der Waals surface area contributed by atoms with Crippen molar-refractivity contribution in [1.82, 2.24) is 10.3 Å². The number of aliphatic hydroxyl groups excluding tert-OH is 1. The van der Waals surface area contributed by atoms with E-state index in [2.05, 4.69) is 10.3 Å². The summed E-state index contributed by atoms with van der Waals surface area (Å²) in [5.74, 6) is -1.25. The van der Waals surface area contributed by atoms with Crippen molar-refractivity contribution >= 4 is 26.8 Å². The Morgan fingerprint density at radius 3 is 2.52 bits per heavy atom. The van der Waals surface area contributed by atoms with E-state index in [9.17, 15) is 18.3 Å². The fourth-order valence-corrected chi connectivity index (χ4v) is 4.85. The summed E-state index contributed by atoms with van der Waals surface area (Å²) in [5.41, 5.74) is 7.65. The third kappa shape index (κ3) is 6.13. The molecule has 0 aliphatic carbocycles. The highest BCUT2D eigenvalue weighted by molar-refractivity contribution is 7.90. The standard InChI is InChI=1S/C22H27N3O5S/c1-2-8-18(20(26)22-25-17-11-6-7-12-19(17)30-22)24-21(27)16(23)14-31(28,29)13-15-9-4-3-5-10-15/h3-7,9-12,16,18,20,26H,2,8,13-14,23H2,1H3,(H,24,27)/t16?,18?,20-/m1/s1. The first-order valence-electron chi connectivity index (χ1n) is 10.1.